The number of benzene rings is 2. The van der Waals surface area contributed by atoms with Crippen LogP contribution in [0.15, 0.2) is 77.4 Å². The molecule has 3 aromatic rings. The third-order valence-corrected chi connectivity index (χ3v) is 3.98. The molecule has 1 atom stereocenters. The third-order valence-electron chi connectivity index (χ3n) is 3.98. The molecule has 1 heterocycles. The van der Waals surface area contributed by atoms with E-state index in [0.717, 1.165) is 16.9 Å². The molecular formula is C22H23NO4. The van der Waals surface area contributed by atoms with Gasteiger partial charge in [-0.05, 0) is 42.3 Å². The zero-order valence-corrected chi connectivity index (χ0v) is 15.3. The standard InChI is InChI=1S/C22H23NO4/c1-17(27-20-9-3-2-4-10-20)22(24)23-14-18-7-5-8-19(13-18)15-25-16-21-11-6-12-26-21/h2-13,17H,14-16H2,1H3,(H,23,24). The molecule has 140 valence electrons. The minimum atomic E-state index is -0.563. The van der Waals surface area contributed by atoms with E-state index in [-0.39, 0.29) is 5.91 Å². The second kappa shape index (κ2) is 9.59. The summed E-state index contributed by atoms with van der Waals surface area (Å²) in [5.41, 5.74) is 2.05. The van der Waals surface area contributed by atoms with Crippen LogP contribution in [-0.4, -0.2) is 12.0 Å². The van der Waals surface area contributed by atoms with Gasteiger partial charge in [-0.3, -0.25) is 4.79 Å². The molecule has 27 heavy (non-hydrogen) atoms. The molecule has 5 nitrogen and oxygen atoms in total. The van der Waals surface area contributed by atoms with E-state index < -0.39 is 6.10 Å². The van der Waals surface area contributed by atoms with Crippen LogP contribution in [0.25, 0.3) is 0 Å². The van der Waals surface area contributed by atoms with Gasteiger partial charge in [-0.25, -0.2) is 0 Å². The summed E-state index contributed by atoms with van der Waals surface area (Å²) < 4.78 is 16.5. The maximum absolute atomic E-state index is 12.2. The lowest BCUT2D eigenvalue weighted by Crippen LogP contribution is -2.35. The van der Waals surface area contributed by atoms with E-state index in [1.807, 2.05) is 66.7 Å². The van der Waals surface area contributed by atoms with Crippen LogP contribution in [-0.2, 0) is 29.3 Å². The molecule has 2 aromatic carbocycles. The van der Waals surface area contributed by atoms with Gasteiger partial charge in [0.1, 0.15) is 18.1 Å². The predicted octanol–water partition coefficient (Wildman–Crippen LogP) is 4.08. The van der Waals surface area contributed by atoms with Crippen molar-refractivity contribution in [1.29, 1.82) is 0 Å². The Kier molecular flexibility index (Phi) is 6.66. The van der Waals surface area contributed by atoms with Crippen molar-refractivity contribution in [1.82, 2.24) is 5.32 Å². The lowest BCUT2D eigenvalue weighted by atomic mass is 10.1. The van der Waals surface area contributed by atoms with E-state index >= 15 is 0 Å². The van der Waals surface area contributed by atoms with Gasteiger partial charge in [0.25, 0.3) is 5.91 Å². The minimum Gasteiger partial charge on any atom is -0.481 e. The molecule has 0 bridgehead atoms. The lowest BCUT2D eigenvalue weighted by molar-refractivity contribution is -0.127. The molecule has 3 rings (SSSR count). The summed E-state index contributed by atoms with van der Waals surface area (Å²) in [6, 6.07) is 21.0. The normalized spacial score (nSPS) is 11.7. The average molecular weight is 365 g/mol. The van der Waals surface area contributed by atoms with Gasteiger partial charge in [-0.1, -0.05) is 42.5 Å². The number of carbonyl (C=O) groups is 1. The summed E-state index contributed by atoms with van der Waals surface area (Å²) in [6.07, 6.45) is 1.07. The van der Waals surface area contributed by atoms with Crippen LogP contribution in [0.2, 0.25) is 0 Å². The number of carbonyl (C=O) groups excluding carboxylic acids is 1. The second-order valence-electron chi connectivity index (χ2n) is 6.18. The first kappa shape index (κ1) is 18.7. The largest absolute Gasteiger partial charge is 0.481 e. The monoisotopic (exact) mass is 365 g/mol. The highest BCUT2D eigenvalue weighted by Gasteiger charge is 2.14. The van der Waals surface area contributed by atoms with Crippen LogP contribution in [0.5, 0.6) is 5.75 Å². The molecule has 0 aliphatic rings. The fourth-order valence-electron chi connectivity index (χ4n) is 2.58. The van der Waals surface area contributed by atoms with Gasteiger partial charge in [-0.15, -0.1) is 0 Å². The number of para-hydroxylation sites is 1. The number of hydrogen-bond acceptors (Lipinski definition) is 4. The van der Waals surface area contributed by atoms with Crippen LogP contribution in [0, 0.1) is 0 Å². The van der Waals surface area contributed by atoms with Gasteiger partial charge in [0, 0.05) is 6.54 Å². The Labute approximate surface area is 158 Å². The van der Waals surface area contributed by atoms with Crippen molar-refractivity contribution in [2.45, 2.75) is 32.8 Å². The summed E-state index contributed by atoms with van der Waals surface area (Å²) >= 11 is 0. The van der Waals surface area contributed by atoms with Gasteiger partial charge >= 0.3 is 0 Å². The molecule has 0 radical (unpaired) electrons. The SMILES string of the molecule is CC(Oc1ccccc1)C(=O)NCc1cccc(COCc2ccco2)c1. The molecular weight excluding hydrogens is 342 g/mol. The molecule has 1 unspecified atom stereocenters. The first-order chi connectivity index (χ1) is 13.2. The summed E-state index contributed by atoms with van der Waals surface area (Å²) in [5, 5.41) is 2.90. The molecule has 1 N–H and O–H groups in total. The zero-order chi connectivity index (χ0) is 18.9. The first-order valence-electron chi connectivity index (χ1n) is 8.88. The van der Waals surface area contributed by atoms with Crippen molar-refractivity contribution in [3.63, 3.8) is 0 Å². The van der Waals surface area contributed by atoms with Crippen LogP contribution in [0.1, 0.15) is 23.8 Å². The number of amides is 1. The molecule has 1 aromatic heterocycles. The Hall–Kier alpha value is -3.05. The summed E-state index contributed by atoms with van der Waals surface area (Å²) in [6.45, 7) is 3.09. The lowest BCUT2D eigenvalue weighted by Gasteiger charge is -2.15. The molecule has 0 spiro atoms. The van der Waals surface area contributed by atoms with E-state index in [2.05, 4.69) is 5.32 Å². The van der Waals surface area contributed by atoms with Gasteiger partial charge in [-0.2, -0.15) is 0 Å². The number of ether oxygens (including phenoxy) is 2. The Balaban J connectivity index is 1.45. The number of nitrogens with one attached hydrogen (secondary N) is 1. The summed E-state index contributed by atoms with van der Waals surface area (Å²) in [5.74, 6) is 1.32. The van der Waals surface area contributed by atoms with Crippen molar-refractivity contribution >= 4 is 5.91 Å². The van der Waals surface area contributed by atoms with Gasteiger partial charge < -0.3 is 19.2 Å². The zero-order valence-electron chi connectivity index (χ0n) is 15.3. The molecule has 1 amide bonds. The fourth-order valence-corrected chi connectivity index (χ4v) is 2.58. The third kappa shape index (κ3) is 6.01. The van der Waals surface area contributed by atoms with E-state index in [1.54, 1.807) is 13.2 Å². The molecule has 0 aliphatic heterocycles. The van der Waals surface area contributed by atoms with Crippen molar-refractivity contribution in [3.8, 4) is 5.75 Å². The maximum Gasteiger partial charge on any atom is 0.261 e. The number of rotatable bonds is 9. The highest BCUT2D eigenvalue weighted by molar-refractivity contribution is 5.80. The van der Waals surface area contributed by atoms with Crippen molar-refractivity contribution < 1.29 is 18.7 Å². The summed E-state index contributed by atoms with van der Waals surface area (Å²) in [4.78, 5) is 12.2. The first-order valence-corrected chi connectivity index (χ1v) is 8.88. The van der Waals surface area contributed by atoms with Gasteiger partial charge in [0.15, 0.2) is 6.10 Å². The average Bonchev–Trinajstić information content (AvgIpc) is 3.21. The molecule has 0 aliphatic carbocycles. The van der Waals surface area contributed by atoms with Crippen LogP contribution in [0.4, 0.5) is 0 Å². The highest BCUT2D eigenvalue weighted by Crippen LogP contribution is 2.12. The van der Waals surface area contributed by atoms with Crippen molar-refractivity contribution in [3.05, 3.63) is 89.9 Å². The quantitative estimate of drug-likeness (QED) is 0.621. The van der Waals surface area contributed by atoms with Crippen LogP contribution in [0.3, 0.4) is 0 Å². The number of hydrogen-bond donors (Lipinski definition) is 1. The van der Waals surface area contributed by atoms with Gasteiger partial charge in [0.05, 0.1) is 12.9 Å². The fraction of sp³-hybridized carbons (Fsp3) is 0.227. The maximum atomic E-state index is 12.2. The van der Waals surface area contributed by atoms with Crippen LogP contribution >= 0.6 is 0 Å². The van der Waals surface area contributed by atoms with E-state index in [0.29, 0.717) is 25.5 Å². The molecule has 0 fully saturated rings. The topological polar surface area (TPSA) is 60.7 Å². The molecule has 5 heteroatoms. The minimum absolute atomic E-state index is 0.154. The Bertz CT molecular complexity index is 831. The number of furan rings is 1. The second-order valence-corrected chi connectivity index (χ2v) is 6.18. The van der Waals surface area contributed by atoms with Crippen molar-refractivity contribution in [2.24, 2.45) is 0 Å². The van der Waals surface area contributed by atoms with Crippen molar-refractivity contribution in [2.75, 3.05) is 0 Å². The molecule has 0 saturated carbocycles. The predicted molar refractivity (Wildman–Crippen MR) is 102 cm³/mol. The Morgan fingerprint density at radius 3 is 2.59 bits per heavy atom. The van der Waals surface area contributed by atoms with Crippen LogP contribution < -0.4 is 10.1 Å². The molecule has 0 saturated heterocycles. The summed E-state index contributed by atoms with van der Waals surface area (Å²) in [7, 11) is 0. The van der Waals surface area contributed by atoms with E-state index in [1.165, 1.54) is 0 Å². The highest BCUT2D eigenvalue weighted by atomic mass is 16.5. The van der Waals surface area contributed by atoms with Gasteiger partial charge in [0.2, 0.25) is 0 Å². The van der Waals surface area contributed by atoms with E-state index in [9.17, 15) is 4.79 Å². The Morgan fingerprint density at radius 1 is 1.00 bits per heavy atom. The Morgan fingerprint density at radius 2 is 1.81 bits per heavy atom. The van der Waals surface area contributed by atoms with E-state index in [4.69, 9.17) is 13.9 Å². The smallest absolute Gasteiger partial charge is 0.261 e.